The lowest BCUT2D eigenvalue weighted by molar-refractivity contribution is -0.132. The Morgan fingerprint density at radius 2 is 2.03 bits per heavy atom. The van der Waals surface area contributed by atoms with Crippen molar-refractivity contribution in [2.45, 2.75) is 37.1 Å². The lowest BCUT2D eigenvalue weighted by Crippen LogP contribution is -2.37. The zero-order chi connectivity index (χ0) is 24.5. The van der Waals surface area contributed by atoms with Crippen molar-refractivity contribution in [1.82, 2.24) is 23.8 Å². The molecule has 4 heterocycles. The van der Waals surface area contributed by atoms with Crippen LogP contribution in [0.4, 0.5) is 4.39 Å². The molecule has 0 saturated carbocycles. The van der Waals surface area contributed by atoms with Gasteiger partial charge in [0.05, 0.1) is 0 Å². The highest BCUT2D eigenvalue weighted by atomic mass is 32.2. The average Bonchev–Trinajstić information content (AvgIpc) is 3.50. The maximum Gasteiger partial charge on any atom is 0.302 e. The number of hydrogen-bond donors (Lipinski definition) is 1. The molecule has 0 aliphatic carbocycles. The van der Waals surface area contributed by atoms with Crippen LogP contribution in [0.5, 0.6) is 5.75 Å². The van der Waals surface area contributed by atoms with Crippen LogP contribution >= 0.6 is 23.1 Å². The second-order valence-electron chi connectivity index (χ2n) is 8.42. The van der Waals surface area contributed by atoms with Crippen LogP contribution < -0.4 is 5.56 Å². The van der Waals surface area contributed by atoms with Crippen molar-refractivity contribution < 1.29 is 14.3 Å². The summed E-state index contributed by atoms with van der Waals surface area (Å²) in [5, 5.41) is 11.0. The Bertz CT molecular complexity index is 1460. The number of benzene rings is 1. The summed E-state index contributed by atoms with van der Waals surface area (Å²) in [4.78, 5) is 38.1. The molecule has 1 N–H and O–H groups in total. The maximum absolute atomic E-state index is 13.6. The molecule has 0 radical (unpaired) electrons. The Hall–Kier alpha value is -3.18. The summed E-state index contributed by atoms with van der Waals surface area (Å²) in [6.45, 7) is 1.55. The molecule has 0 bridgehead atoms. The summed E-state index contributed by atoms with van der Waals surface area (Å²) >= 11 is 2.78. The first kappa shape index (κ1) is 23.6. The number of rotatable bonds is 6. The Morgan fingerprint density at radius 3 is 2.80 bits per heavy atom. The van der Waals surface area contributed by atoms with Crippen LogP contribution in [-0.4, -0.2) is 54.2 Å². The van der Waals surface area contributed by atoms with E-state index in [2.05, 4.69) is 9.97 Å². The van der Waals surface area contributed by atoms with E-state index in [4.69, 9.17) is 0 Å². The Morgan fingerprint density at radius 1 is 1.23 bits per heavy atom. The molecule has 1 aromatic carbocycles. The van der Waals surface area contributed by atoms with Crippen molar-refractivity contribution in [2.24, 2.45) is 0 Å². The zero-order valence-corrected chi connectivity index (χ0v) is 20.7. The standard InChI is InChI=1S/C24H24FN5O3S2/c1-34-18-12-16(25)6-5-15(18)11-17-13-26-22(35-17)20-21(32)23(33)30-10-9-29(24(30)27-20)14-19(31)28-7-3-2-4-8-28/h5-6,9-10,12-13,32H,2-4,7-8,11,14H2,1H3. The summed E-state index contributed by atoms with van der Waals surface area (Å²) in [6.07, 6.45) is 10.4. The number of fused-ring (bicyclic) bond motifs is 1. The van der Waals surface area contributed by atoms with Crippen LogP contribution in [-0.2, 0) is 17.8 Å². The van der Waals surface area contributed by atoms with Gasteiger partial charge < -0.3 is 14.6 Å². The smallest absolute Gasteiger partial charge is 0.302 e. The van der Waals surface area contributed by atoms with Gasteiger partial charge in [0.1, 0.15) is 17.4 Å². The van der Waals surface area contributed by atoms with Gasteiger partial charge in [-0.3, -0.25) is 9.59 Å². The second kappa shape index (κ2) is 9.82. The van der Waals surface area contributed by atoms with Crippen LogP contribution in [0.2, 0.25) is 0 Å². The van der Waals surface area contributed by atoms with Crippen LogP contribution in [0.25, 0.3) is 16.5 Å². The van der Waals surface area contributed by atoms with Crippen LogP contribution in [0.15, 0.2) is 46.5 Å². The number of thioether (sulfide) groups is 1. The number of halogens is 1. The van der Waals surface area contributed by atoms with E-state index in [0.29, 0.717) is 11.4 Å². The molecule has 4 aromatic rings. The van der Waals surface area contributed by atoms with E-state index in [9.17, 15) is 19.1 Å². The molecule has 0 atom stereocenters. The molecule has 8 nitrogen and oxygen atoms in total. The molecule has 35 heavy (non-hydrogen) atoms. The van der Waals surface area contributed by atoms with Gasteiger partial charge in [0.15, 0.2) is 5.69 Å². The first-order valence-electron chi connectivity index (χ1n) is 11.3. The zero-order valence-electron chi connectivity index (χ0n) is 19.1. The molecule has 1 saturated heterocycles. The predicted molar refractivity (Wildman–Crippen MR) is 134 cm³/mol. The van der Waals surface area contributed by atoms with E-state index >= 15 is 0 Å². The van der Waals surface area contributed by atoms with Gasteiger partial charge in [-0.15, -0.1) is 23.1 Å². The number of aromatic nitrogens is 4. The number of piperidine rings is 1. The van der Waals surface area contributed by atoms with E-state index < -0.39 is 11.3 Å². The van der Waals surface area contributed by atoms with Gasteiger partial charge in [-0.25, -0.2) is 18.8 Å². The molecule has 1 amide bonds. The fourth-order valence-corrected chi connectivity index (χ4v) is 5.83. The normalized spacial score (nSPS) is 14.1. The van der Waals surface area contributed by atoms with Crippen molar-refractivity contribution in [3.63, 3.8) is 0 Å². The summed E-state index contributed by atoms with van der Waals surface area (Å²) < 4.78 is 16.4. The fourth-order valence-electron chi connectivity index (χ4n) is 4.28. The summed E-state index contributed by atoms with van der Waals surface area (Å²) in [7, 11) is 0. The lowest BCUT2D eigenvalue weighted by Gasteiger charge is -2.26. The molecule has 1 aliphatic rings. The molecule has 182 valence electrons. The minimum atomic E-state index is -0.617. The number of carbonyl (C=O) groups excluding carboxylic acids is 1. The van der Waals surface area contributed by atoms with Gasteiger partial charge in [0.25, 0.3) is 0 Å². The Labute approximate surface area is 209 Å². The van der Waals surface area contributed by atoms with Gasteiger partial charge in [-0.1, -0.05) is 6.07 Å². The summed E-state index contributed by atoms with van der Waals surface area (Å²) in [5.74, 6) is -0.525. The predicted octanol–water partition coefficient (Wildman–Crippen LogP) is 3.79. The largest absolute Gasteiger partial charge is 0.501 e. The first-order valence-corrected chi connectivity index (χ1v) is 13.3. The average molecular weight is 514 g/mol. The number of hydrogen-bond acceptors (Lipinski definition) is 7. The quantitative estimate of drug-likeness (QED) is 0.395. The number of thiazole rings is 1. The van der Waals surface area contributed by atoms with Crippen molar-refractivity contribution in [3.8, 4) is 16.5 Å². The highest BCUT2D eigenvalue weighted by Gasteiger charge is 2.22. The Kier molecular flexibility index (Phi) is 6.61. The molecule has 0 unspecified atom stereocenters. The maximum atomic E-state index is 13.6. The fraction of sp³-hybridized carbons (Fsp3) is 0.333. The minimum absolute atomic E-state index is 0.0212. The highest BCUT2D eigenvalue weighted by molar-refractivity contribution is 7.98. The van der Waals surface area contributed by atoms with Gasteiger partial charge in [0, 0.05) is 47.9 Å². The van der Waals surface area contributed by atoms with Crippen LogP contribution in [0.1, 0.15) is 29.7 Å². The third-order valence-corrected chi connectivity index (χ3v) is 7.93. The SMILES string of the molecule is CSc1cc(F)ccc1Cc1cnc(-c2nc3n(CC(=O)N4CCCCC4)ccn3c(=O)c2O)s1. The number of nitrogens with zero attached hydrogens (tertiary/aromatic N) is 5. The van der Waals surface area contributed by atoms with Gasteiger partial charge >= 0.3 is 5.56 Å². The third kappa shape index (κ3) is 4.70. The van der Waals surface area contributed by atoms with Gasteiger partial charge in [0.2, 0.25) is 17.4 Å². The molecular weight excluding hydrogens is 489 g/mol. The second-order valence-corrected chi connectivity index (χ2v) is 10.4. The Balaban J connectivity index is 1.45. The monoisotopic (exact) mass is 513 g/mol. The van der Waals surface area contributed by atoms with Gasteiger partial charge in [-0.05, 0) is 43.2 Å². The van der Waals surface area contributed by atoms with E-state index in [-0.39, 0.29) is 29.7 Å². The van der Waals surface area contributed by atoms with Crippen molar-refractivity contribution >= 4 is 34.8 Å². The van der Waals surface area contributed by atoms with Crippen molar-refractivity contribution in [3.05, 3.63) is 63.4 Å². The molecule has 1 aliphatic heterocycles. The van der Waals surface area contributed by atoms with Gasteiger partial charge in [-0.2, -0.15) is 0 Å². The van der Waals surface area contributed by atoms with E-state index in [0.717, 1.165) is 47.7 Å². The van der Waals surface area contributed by atoms with E-state index in [1.54, 1.807) is 23.0 Å². The van der Waals surface area contributed by atoms with Crippen molar-refractivity contribution in [2.75, 3.05) is 19.3 Å². The molecule has 0 spiro atoms. The van der Waals surface area contributed by atoms with Crippen LogP contribution in [0, 0.1) is 5.82 Å². The number of likely N-dealkylation sites (tertiary alicyclic amines) is 1. The third-order valence-electron chi connectivity index (χ3n) is 6.11. The lowest BCUT2D eigenvalue weighted by atomic mass is 10.1. The van der Waals surface area contributed by atoms with E-state index in [1.165, 1.54) is 45.8 Å². The van der Waals surface area contributed by atoms with E-state index in [1.807, 2.05) is 11.2 Å². The number of aromatic hydroxyl groups is 1. The number of amides is 1. The number of carbonyl (C=O) groups is 1. The molecule has 11 heteroatoms. The minimum Gasteiger partial charge on any atom is -0.501 e. The number of imidazole rings is 1. The van der Waals surface area contributed by atoms with Crippen LogP contribution in [0.3, 0.4) is 0 Å². The molecule has 1 fully saturated rings. The first-order chi connectivity index (χ1) is 16.9. The molecule has 5 rings (SSSR count). The summed E-state index contributed by atoms with van der Waals surface area (Å²) in [5.41, 5.74) is 0.432. The van der Waals surface area contributed by atoms with Crippen molar-refractivity contribution in [1.29, 1.82) is 0 Å². The topological polar surface area (TPSA) is 92.7 Å². The molecular formula is C24H24FN5O3S2. The summed E-state index contributed by atoms with van der Waals surface area (Å²) in [6, 6.07) is 4.68. The highest BCUT2D eigenvalue weighted by Crippen LogP contribution is 2.32. The molecule has 3 aromatic heterocycles.